The lowest BCUT2D eigenvalue weighted by Gasteiger charge is -2.07. The van der Waals surface area contributed by atoms with Gasteiger partial charge in [-0.2, -0.15) is 8.78 Å². The molecule has 28 heavy (non-hydrogen) atoms. The number of carbonyl (C=O) groups excluding carboxylic acids is 1. The van der Waals surface area contributed by atoms with Gasteiger partial charge in [0.05, 0.1) is 12.3 Å². The van der Waals surface area contributed by atoms with E-state index in [1.807, 2.05) is 17.5 Å². The van der Waals surface area contributed by atoms with E-state index in [1.165, 1.54) is 23.9 Å². The molecule has 0 saturated carbocycles. The van der Waals surface area contributed by atoms with Crippen molar-refractivity contribution in [3.8, 4) is 5.75 Å². The van der Waals surface area contributed by atoms with Gasteiger partial charge in [0, 0.05) is 11.4 Å². The van der Waals surface area contributed by atoms with E-state index in [-0.39, 0.29) is 17.4 Å². The van der Waals surface area contributed by atoms with Crippen LogP contribution in [0.25, 0.3) is 0 Å². The lowest BCUT2D eigenvalue weighted by atomic mass is 10.1. The van der Waals surface area contributed by atoms with E-state index >= 15 is 0 Å². The molecule has 2 heterocycles. The fourth-order valence-electron chi connectivity index (χ4n) is 2.31. The van der Waals surface area contributed by atoms with Gasteiger partial charge in [-0.25, -0.2) is 4.68 Å². The van der Waals surface area contributed by atoms with Gasteiger partial charge < -0.3 is 10.1 Å². The van der Waals surface area contributed by atoms with Gasteiger partial charge in [-0.3, -0.25) is 4.79 Å². The summed E-state index contributed by atoms with van der Waals surface area (Å²) in [6.45, 7) is -1.83. The molecule has 2 aromatic heterocycles. The molecule has 3 rings (SSSR count). The highest BCUT2D eigenvalue weighted by atomic mass is 32.2. The van der Waals surface area contributed by atoms with Crippen molar-refractivity contribution in [2.45, 2.75) is 24.7 Å². The maximum Gasteiger partial charge on any atom is 0.387 e. The second kappa shape index (κ2) is 10.1. The monoisotopic (exact) mass is 425 g/mol. The number of thiophene rings is 1. The normalized spacial score (nSPS) is 11.0. The Bertz CT molecular complexity index is 872. The molecule has 0 aliphatic heterocycles. The van der Waals surface area contributed by atoms with E-state index in [2.05, 4.69) is 25.6 Å². The number of ether oxygens (including phenoxy) is 1. The van der Waals surface area contributed by atoms with Gasteiger partial charge in [-0.05, 0) is 46.0 Å². The van der Waals surface area contributed by atoms with E-state index in [0.29, 0.717) is 24.7 Å². The molecule has 0 radical (unpaired) electrons. The number of amides is 1. The highest BCUT2D eigenvalue weighted by Crippen LogP contribution is 2.17. The minimum Gasteiger partial charge on any atom is -0.435 e. The second-order valence-corrected chi connectivity index (χ2v) is 7.58. The first-order valence-electron chi connectivity index (χ1n) is 8.32. The van der Waals surface area contributed by atoms with Crippen LogP contribution in [0.15, 0.2) is 46.9 Å². The van der Waals surface area contributed by atoms with Crippen LogP contribution >= 0.6 is 23.1 Å². The van der Waals surface area contributed by atoms with Gasteiger partial charge in [0.2, 0.25) is 11.1 Å². The number of aromatic nitrogens is 4. The van der Waals surface area contributed by atoms with Crippen molar-refractivity contribution in [3.05, 3.63) is 52.2 Å². The van der Waals surface area contributed by atoms with Crippen LogP contribution in [0, 0.1) is 0 Å². The van der Waals surface area contributed by atoms with Crippen molar-refractivity contribution >= 4 is 29.0 Å². The summed E-state index contributed by atoms with van der Waals surface area (Å²) in [6.07, 6.45) is 0.585. The van der Waals surface area contributed by atoms with Crippen LogP contribution in [0.1, 0.15) is 10.4 Å². The Balaban J connectivity index is 1.39. The summed E-state index contributed by atoms with van der Waals surface area (Å²) < 4.78 is 30.2. The van der Waals surface area contributed by atoms with Gasteiger partial charge in [-0.1, -0.05) is 30.0 Å². The number of rotatable bonds is 10. The zero-order chi connectivity index (χ0) is 19.8. The molecule has 0 unspecified atom stereocenters. The molecule has 148 valence electrons. The molecule has 0 fully saturated rings. The maximum atomic E-state index is 12.1. The van der Waals surface area contributed by atoms with Crippen molar-refractivity contribution in [2.75, 3.05) is 12.3 Å². The van der Waals surface area contributed by atoms with Crippen molar-refractivity contribution < 1.29 is 18.3 Å². The van der Waals surface area contributed by atoms with E-state index in [4.69, 9.17) is 0 Å². The van der Waals surface area contributed by atoms with Crippen molar-refractivity contribution in [3.63, 3.8) is 0 Å². The second-order valence-electron chi connectivity index (χ2n) is 5.61. The topological polar surface area (TPSA) is 81.9 Å². The number of hydrogen-bond donors (Lipinski definition) is 1. The van der Waals surface area contributed by atoms with Crippen LogP contribution in [-0.2, 0) is 17.8 Å². The van der Waals surface area contributed by atoms with Crippen LogP contribution in [0.4, 0.5) is 8.78 Å². The lowest BCUT2D eigenvalue weighted by Crippen LogP contribution is -2.27. The molecule has 1 N–H and O–H groups in total. The van der Waals surface area contributed by atoms with Crippen LogP contribution in [0.5, 0.6) is 5.75 Å². The SMILES string of the molecule is O=C(CSc1nnnn1Cc1cccs1)NCCc1ccc(OC(F)F)cc1. The van der Waals surface area contributed by atoms with Crippen molar-refractivity contribution in [1.29, 1.82) is 0 Å². The molecule has 0 bridgehead atoms. The van der Waals surface area contributed by atoms with Crippen LogP contribution < -0.4 is 10.1 Å². The third-order valence-electron chi connectivity index (χ3n) is 3.60. The van der Waals surface area contributed by atoms with Gasteiger partial charge in [-0.15, -0.1) is 16.4 Å². The summed E-state index contributed by atoms with van der Waals surface area (Å²) in [5.41, 5.74) is 0.912. The third-order valence-corrected chi connectivity index (χ3v) is 5.42. The highest BCUT2D eigenvalue weighted by molar-refractivity contribution is 7.99. The molecule has 3 aromatic rings. The largest absolute Gasteiger partial charge is 0.435 e. The van der Waals surface area contributed by atoms with Gasteiger partial charge in [0.25, 0.3) is 0 Å². The molecule has 11 heteroatoms. The molecule has 0 saturated heterocycles. The lowest BCUT2D eigenvalue weighted by molar-refractivity contribution is -0.118. The number of nitrogens with zero attached hydrogens (tertiary/aromatic N) is 4. The van der Waals surface area contributed by atoms with E-state index in [0.717, 1.165) is 10.4 Å². The first-order chi connectivity index (χ1) is 13.6. The third kappa shape index (κ3) is 6.27. The van der Waals surface area contributed by atoms with E-state index < -0.39 is 6.61 Å². The van der Waals surface area contributed by atoms with Crippen LogP contribution in [0.3, 0.4) is 0 Å². The zero-order valence-corrected chi connectivity index (χ0v) is 16.3. The molecule has 0 aliphatic rings. The smallest absolute Gasteiger partial charge is 0.387 e. The first kappa shape index (κ1) is 20.2. The summed E-state index contributed by atoms with van der Waals surface area (Å²) in [6, 6.07) is 10.3. The Kier molecular flexibility index (Phi) is 7.31. The Morgan fingerprint density at radius 3 is 2.82 bits per heavy atom. The summed E-state index contributed by atoms with van der Waals surface area (Å²) in [5.74, 6) is 0.180. The Hall–Kier alpha value is -2.53. The zero-order valence-electron chi connectivity index (χ0n) is 14.6. The Morgan fingerprint density at radius 1 is 1.29 bits per heavy atom. The highest BCUT2D eigenvalue weighted by Gasteiger charge is 2.11. The predicted octanol–water partition coefficient (Wildman–Crippen LogP) is 2.84. The summed E-state index contributed by atoms with van der Waals surface area (Å²) in [4.78, 5) is 13.1. The number of halogens is 2. The average molecular weight is 425 g/mol. The fraction of sp³-hybridized carbons (Fsp3) is 0.294. The maximum absolute atomic E-state index is 12.1. The quantitative estimate of drug-likeness (QED) is 0.503. The van der Waals surface area contributed by atoms with E-state index in [1.54, 1.807) is 28.2 Å². The minimum atomic E-state index is -2.84. The number of hydrogen-bond acceptors (Lipinski definition) is 7. The van der Waals surface area contributed by atoms with Crippen molar-refractivity contribution in [1.82, 2.24) is 25.5 Å². The standard InChI is InChI=1S/C17H17F2N5O2S2/c18-16(19)26-13-5-3-12(4-6-13)7-8-20-15(25)11-28-17-21-22-23-24(17)10-14-2-1-9-27-14/h1-6,9,16H,7-8,10-11H2,(H,20,25). The van der Waals surface area contributed by atoms with E-state index in [9.17, 15) is 13.6 Å². The molecular formula is C17H17F2N5O2S2. The number of carbonyl (C=O) groups is 1. The summed E-state index contributed by atoms with van der Waals surface area (Å²) >= 11 is 2.89. The Morgan fingerprint density at radius 2 is 2.11 bits per heavy atom. The molecule has 7 nitrogen and oxygen atoms in total. The fourth-order valence-corrected chi connectivity index (χ4v) is 3.71. The Labute approximate surface area is 168 Å². The number of benzene rings is 1. The van der Waals surface area contributed by atoms with Gasteiger partial charge in [0.1, 0.15) is 5.75 Å². The molecule has 0 atom stereocenters. The molecule has 0 spiro atoms. The molecular weight excluding hydrogens is 408 g/mol. The molecule has 1 aromatic carbocycles. The van der Waals surface area contributed by atoms with Gasteiger partial charge >= 0.3 is 6.61 Å². The minimum absolute atomic E-state index is 0.111. The summed E-state index contributed by atoms with van der Waals surface area (Å²) in [5, 5.41) is 16.9. The number of nitrogens with one attached hydrogen (secondary N) is 1. The van der Waals surface area contributed by atoms with Crippen LogP contribution in [-0.4, -0.2) is 45.0 Å². The van der Waals surface area contributed by atoms with Crippen molar-refractivity contribution in [2.24, 2.45) is 0 Å². The number of alkyl halides is 2. The molecule has 1 amide bonds. The number of tetrazole rings is 1. The molecule has 0 aliphatic carbocycles. The average Bonchev–Trinajstić information content (AvgIpc) is 3.33. The van der Waals surface area contributed by atoms with Crippen LogP contribution in [0.2, 0.25) is 0 Å². The first-order valence-corrected chi connectivity index (χ1v) is 10.2. The van der Waals surface area contributed by atoms with Gasteiger partial charge in [0.15, 0.2) is 0 Å². The summed E-state index contributed by atoms with van der Waals surface area (Å²) in [7, 11) is 0. The predicted molar refractivity (Wildman–Crippen MR) is 102 cm³/mol. The number of thioether (sulfide) groups is 1.